The fraction of sp³-hybridized carbons (Fsp3) is 0.250. The van der Waals surface area contributed by atoms with E-state index in [9.17, 15) is 18.4 Å². The monoisotopic (exact) mass is 345 g/mol. The third kappa shape index (κ3) is 3.06. The number of nitriles is 1. The van der Waals surface area contributed by atoms with Gasteiger partial charge >= 0.3 is 0 Å². The van der Waals surface area contributed by atoms with Gasteiger partial charge in [0.2, 0.25) is 0 Å². The number of nitrogens with zero attached hydrogens (tertiary/aromatic N) is 3. The molecule has 3 rings (SSSR count). The molecule has 25 heavy (non-hydrogen) atoms. The number of aromatic nitrogens is 2. The number of benzene rings is 1. The standard InChI is InChI=1S/C16H13F2N5O2/c1-8-11(5-20-22-8)16(25)23-6-10(7-23)21-15(24)14-12(17)2-9(4-19)3-13(14)18/h2-3,5,10H,6-7H2,1H3,(H,20,22)(H,21,24). The van der Waals surface area contributed by atoms with Crippen LogP contribution >= 0.6 is 0 Å². The number of nitrogens with one attached hydrogen (secondary N) is 2. The van der Waals surface area contributed by atoms with Gasteiger partial charge < -0.3 is 10.2 Å². The van der Waals surface area contributed by atoms with Crippen molar-refractivity contribution in [3.63, 3.8) is 0 Å². The largest absolute Gasteiger partial charge is 0.346 e. The van der Waals surface area contributed by atoms with E-state index in [1.54, 1.807) is 13.0 Å². The van der Waals surface area contributed by atoms with Gasteiger partial charge in [-0.25, -0.2) is 8.78 Å². The van der Waals surface area contributed by atoms with Crippen LogP contribution in [0.25, 0.3) is 0 Å². The predicted molar refractivity (Wildman–Crippen MR) is 81.6 cm³/mol. The number of carbonyl (C=O) groups excluding carboxylic acids is 2. The molecule has 1 aliphatic rings. The summed E-state index contributed by atoms with van der Waals surface area (Å²) in [5.74, 6) is -3.35. The number of H-pyrrole nitrogens is 1. The van der Waals surface area contributed by atoms with E-state index < -0.39 is 29.1 Å². The summed E-state index contributed by atoms with van der Waals surface area (Å²) in [6.07, 6.45) is 1.42. The van der Waals surface area contributed by atoms with Crippen LogP contribution in [0.1, 0.15) is 32.0 Å². The van der Waals surface area contributed by atoms with Crippen LogP contribution in [-0.2, 0) is 0 Å². The van der Waals surface area contributed by atoms with Crippen LogP contribution in [0.2, 0.25) is 0 Å². The molecule has 9 heteroatoms. The number of hydrogen-bond acceptors (Lipinski definition) is 4. The second-order valence-electron chi connectivity index (χ2n) is 5.72. The van der Waals surface area contributed by atoms with E-state index in [1.165, 1.54) is 11.1 Å². The lowest BCUT2D eigenvalue weighted by Crippen LogP contribution is -2.61. The molecule has 0 unspecified atom stereocenters. The van der Waals surface area contributed by atoms with Gasteiger partial charge in [0.15, 0.2) is 0 Å². The zero-order valence-corrected chi connectivity index (χ0v) is 13.1. The summed E-state index contributed by atoms with van der Waals surface area (Å²) >= 11 is 0. The molecule has 0 bridgehead atoms. The van der Waals surface area contributed by atoms with Crippen molar-refractivity contribution in [1.29, 1.82) is 5.26 Å². The first-order valence-corrected chi connectivity index (χ1v) is 7.40. The van der Waals surface area contributed by atoms with Crippen LogP contribution < -0.4 is 5.32 Å². The first-order valence-electron chi connectivity index (χ1n) is 7.40. The molecule has 2 N–H and O–H groups in total. The number of aryl methyl sites for hydroxylation is 1. The van der Waals surface area contributed by atoms with Gasteiger partial charge in [0.25, 0.3) is 11.8 Å². The van der Waals surface area contributed by atoms with Crippen molar-refractivity contribution in [3.8, 4) is 6.07 Å². The molecular formula is C16H13F2N5O2. The Kier molecular flexibility index (Phi) is 4.19. The summed E-state index contributed by atoms with van der Waals surface area (Å²) in [5, 5.41) is 17.6. The normalized spacial score (nSPS) is 13.9. The Balaban J connectivity index is 1.62. The maximum Gasteiger partial charge on any atom is 0.257 e. The molecule has 2 heterocycles. The average molecular weight is 345 g/mol. The average Bonchev–Trinajstić information content (AvgIpc) is 2.95. The number of carbonyl (C=O) groups is 2. The van der Waals surface area contributed by atoms with Crippen LogP contribution in [0.5, 0.6) is 0 Å². The molecule has 0 radical (unpaired) electrons. The highest BCUT2D eigenvalue weighted by Gasteiger charge is 2.34. The van der Waals surface area contributed by atoms with Crippen LogP contribution in [0.3, 0.4) is 0 Å². The first kappa shape index (κ1) is 16.6. The maximum atomic E-state index is 13.8. The Morgan fingerprint density at radius 2 is 2.00 bits per heavy atom. The van der Waals surface area contributed by atoms with E-state index in [0.29, 0.717) is 11.3 Å². The highest BCUT2D eigenvalue weighted by atomic mass is 19.1. The third-order valence-electron chi connectivity index (χ3n) is 3.96. The fourth-order valence-electron chi connectivity index (χ4n) is 2.58. The summed E-state index contributed by atoms with van der Waals surface area (Å²) in [4.78, 5) is 25.7. The quantitative estimate of drug-likeness (QED) is 0.870. The van der Waals surface area contributed by atoms with E-state index in [0.717, 1.165) is 12.1 Å². The van der Waals surface area contributed by atoms with Crippen LogP contribution in [-0.4, -0.2) is 46.0 Å². The summed E-state index contributed by atoms with van der Waals surface area (Å²) in [6, 6.07) is 2.81. The minimum Gasteiger partial charge on any atom is -0.346 e. The third-order valence-corrected chi connectivity index (χ3v) is 3.96. The van der Waals surface area contributed by atoms with E-state index in [2.05, 4.69) is 15.5 Å². The number of amides is 2. The van der Waals surface area contributed by atoms with Gasteiger partial charge in [-0.1, -0.05) is 0 Å². The van der Waals surface area contributed by atoms with Crippen molar-refractivity contribution in [1.82, 2.24) is 20.4 Å². The van der Waals surface area contributed by atoms with Gasteiger partial charge in [0.1, 0.15) is 17.2 Å². The predicted octanol–water partition coefficient (Wildman–Crippen LogP) is 1.12. The van der Waals surface area contributed by atoms with Crippen molar-refractivity contribution in [2.24, 2.45) is 0 Å². The lowest BCUT2D eigenvalue weighted by molar-refractivity contribution is 0.0540. The zero-order chi connectivity index (χ0) is 18.1. The second kappa shape index (κ2) is 6.32. The van der Waals surface area contributed by atoms with Crippen molar-refractivity contribution in [3.05, 3.63) is 52.3 Å². The van der Waals surface area contributed by atoms with Crippen molar-refractivity contribution in [2.45, 2.75) is 13.0 Å². The van der Waals surface area contributed by atoms with Crippen LogP contribution in [0, 0.1) is 29.9 Å². The molecule has 0 saturated carbocycles. The molecule has 1 fully saturated rings. The molecule has 1 aromatic carbocycles. The van der Waals surface area contributed by atoms with E-state index in [1.807, 2.05) is 0 Å². The number of aromatic amines is 1. The van der Waals surface area contributed by atoms with Gasteiger partial charge in [-0.15, -0.1) is 0 Å². The maximum absolute atomic E-state index is 13.8. The molecular weight excluding hydrogens is 332 g/mol. The first-order chi connectivity index (χ1) is 11.9. The highest BCUT2D eigenvalue weighted by molar-refractivity contribution is 5.97. The van der Waals surface area contributed by atoms with Crippen molar-refractivity contribution < 1.29 is 18.4 Å². The molecule has 128 valence electrons. The van der Waals surface area contributed by atoms with Gasteiger partial charge in [-0.3, -0.25) is 14.7 Å². The lowest BCUT2D eigenvalue weighted by atomic mass is 10.1. The summed E-state index contributed by atoms with van der Waals surface area (Å²) in [6.45, 7) is 2.18. The number of halogens is 2. The molecule has 1 saturated heterocycles. The van der Waals surface area contributed by atoms with Crippen LogP contribution in [0.4, 0.5) is 8.78 Å². The molecule has 1 aliphatic heterocycles. The topological polar surface area (TPSA) is 102 Å². The number of rotatable bonds is 3. The minimum absolute atomic E-state index is 0.206. The highest BCUT2D eigenvalue weighted by Crippen LogP contribution is 2.18. The van der Waals surface area contributed by atoms with E-state index in [4.69, 9.17) is 5.26 Å². The Morgan fingerprint density at radius 3 is 2.52 bits per heavy atom. The lowest BCUT2D eigenvalue weighted by Gasteiger charge is -2.39. The molecule has 2 aromatic rings. The molecule has 0 aliphatic carbocycles. The van der Waals surface area contributed by atoms with Gasteiger partial charge in [0.05, 0.1) is 29.4 Å². The molecule has 2 amide bonds. The summed E-state index contributed by atoms with van der Waals surface area (Å²) in [7, 11) is 0. The van der Waals surface area contributed by atoms with Gasteiger partial charge in [0, 0.05) is 18.8 Å². The molecule has 0 spiro atoms. The zero-order valence-electron chi connectivity index (χ0n) is 13.1. The van der Waals surface area contributed by atoms with E-state index in [-0.39, 0.29) is 24.6 Å². The number of hydrogen-bond donors (Lipinski definition) is 2. The van der Waals surface area contributed by atoms with Crippen molar-refractivity contribution >= 4 is 11.8 Å². The fourth-order valence-corrected chi connectivity index (χ4v) is 2.58. The Morgan fingerprint density at radius 1 is 1.36 bits per heavy atom. The molecule has 7 nitrogen and oxygen atoms in total. The Bertz CT molecular complexity index is 873. The van der Waals surface area contributed by atoms with Gasteiger partial charge in [-0.05, 0) is 19.1 Å². The smallest absolute Gasteiger partial charge is 0.257 e. The second-order valence-corrected chi connectivity index (χ2v) is 5.72. The SMILES string of the molecule is Cc1[nH]ncc1C(=O)N1CC(NC(=O)c2c(F)cc(C#N)cc2F)C1. The number of likely N-dealkylation sites (tertiary alicyclic amines) is 1. The summed E-state index contributed by atoms with van der Waals surface area (Å²) in [5.41, 5.74) is 0.130. The van der Waals surface area contributed by atoms with Gasteiger partial charge in [-0.2, -0.15) is 10.4 Å². The Hall–Kier alpha value is -3.28. The Labute approximate surface area is 141 Å². The van der Waals surface area contributed by atoms with Crippen molar-refractivity contribution in [2.75, 3.05) is 13.1 Å². The molecule has 1 aromatic heterocycles. The molecule has 0 atom stereocenters. The van der Waals surface area contributed by atoms with Crippen LogP contribution in [0.15, 0.2) is 18.3 Å². The minimum atomic E-state index is -1.10. The van der Waals surface area contributed by atoms with E-state index >= 15 is 0 Å². The summed E-state index contributed by atoms with van der Waals surface area (Å²) < 4.78 is 27.7.